The van der Waals surface area contributed by atoms with Crippen molar-refractivity contribution in [3.05, 3.63) is 11.6 Å². The molecule has 32 heteroatoms. The van der Waals surface area contributed by atoms with Crippen LogP contribution in [0, 0.1) is 39.4 Å². The second-order valence-corrected chi connectivity index (χ2v) is 31.4. The molecule has 0 aromatic heterocycles. The van der Waals surface area contributed by atoms with E-state index in [2.05, 4.69) is 54.5 Å². The van der Waals surface area contributed by atoms with Gasteiger partial charge in [-0.05, 0) is 114 Å². The monoisotopic (exact) mass is 1410 g/mol. The Hall–Kier alpha value is -1.99. The highest BCUT2D eigenvalue weighted by Crippen LogP contribution is 2.76. The van der Waals surface area contributed by atoms with E-state index < -0.39 is 239 Å². The molecule has 1 spiro atoms. The Balaban J connectivity index is 0.781. The quantitative estimate of drug-likeness (QED) is 0.0349. The summed E-state index contributed by atoms with van der Waals surface area (Å²) in [5.41, 5.74) is -1.87. The average Bonchev–Trinajstić information content (AvgIpc) is 1.47. The maximum absolute atomic E-state index is 14.7. The predicted octanol–water partition coefficient (Wildman–Crippen LogP) is -4.53. The third kappa shape index (κ3) is 12.5. The predicted molar refractivity (Wildman–Crippen MR) is 325 cm³/mol. The lowest BCUT2D eigenvalue weighted by molar-refractivity contribution is -0.398. The number of rotatable bonds is 18. The molecule has 0 bridgehead atoms. The normalized spacial score (nSPS) is 54.6. The molecular weight excluding hydrogens is 1300 g/mol. The number of fused-ring (bicyclic) bond motifs is 4. The SMILES string of the molecule is CO[C@@H]1[C@@H](O)[C@H](O[C@@H]2[C@@H](O)[C@H](O[C@H]3[C@H](O)[C@@H](O)[C@H](O[C@H]4[C@H](O[C@H]5CC[C@]6(C)C7=CC[C@]89C(=O)O[C@@](C)(C%10CCC(C)(C)O%10)[C@H]8CC[C@@]9(C)[C@@H]7CC[C@H]6C5(C)C)OC[C@@H](O[C@@H]5O[C@H](CO)[C@@H](O[C@@H]6O[C@H](C)[C@@H](O)[C@H](O)[C@H]6O)[C@H](O)[C@H]5O)[C@@H]4O)O[C@@H]3CO)O[C@H](CO)[C@H]2O)O[C@H](CO)[C@H]1O. The van der Waals surface area contributed by atoms with Crippen molar-refractivity contribution in [3.8, 4) is 0 Å². The van der Waals surface area contributed by atoms with E-state index >= 15 is 0 Å². The number of cyclic esters (lactones) is 1. The van der Waals surface area contributed by atoms with Gasteiger partial charge in [0.2, 0.25) is 0 Å². The van der Waals surface area contributed by atoms with E-state index in [1.54, 1.807) is 0 Å². The Labute approximate surface area is 567 Å². The summed E-state index contributed by atoms with van der Waals surface area (Å²) in [7, 11) is 1.17. The standard InChI is InChI=1S/C66H106O32/c1-25-37(71)41(75)44(78)54(86-25)93-49-30(22-69)89-55(45(79)42(49)76)91-32-24-85-59(92-35-15-17-63(6)26-12-19-66-34(65(8,98-60(66)83)36-14-16-61(2,3)97-36)13-18-64(66,7)27(26)10-11-33(63)62(35,4)5)53(40(32)74)96-56-46(80)43(77)50(31(23-70)90-56)94-58-48(82)52(39(73)29(21-68)88-58)95-57-47(81)51(84-9)38(72)28(20-67)87-57/h12,25,27-59,67-82H,10-11,13-24H2,1-9H3/t25-,27-,28-,29-,30-,31-,32-,33+,34-,35+,36?,37-,38-,39-,40+,41+,42-,43-,44-,45-,46-,47-,48-,49-,50-,51+,52+,53-,54+,55+,56+,57+,58+,59+,63-,64+,65-,66-/m1/s1. The van der Waals surface area contributed by atoms with Crippen molar-refractivity contribution in [1.29, 1.82) is 0 Å². The zero-order chi connectivity index (χ0) is 71.0. The number of hydrogen-bond acceptors (Lipinski definition) is 32. The van der Waals surface area contributed by atoms with Crippen LogP contribution in [0.4, 0.5) is 0 Å². The highest BCUT2D eigenvalue weighted by molar-refractivity contribution is 5.83. The molecule has 8 saturated heterocycles. The van der Waals surface area contributed by atoms with Gasteiger partial charge in [0.05, 0.1) is 62.4 Å². The molecule has 0 radical (unpaired) electrons. The fourth-order valence-corrected chi connectivity index (χ4v) is 19.6. The maximum atomic E-state index is 14.7. The van der Waals surface area contributed by atoms with Gasteiger partial charge >= 0.3 is 5.97 Å². The zero-order valence-corrected chi connectivity index (χ0v) is 56.8. The first-order chi connectivity index (χ1) is 46.2. The molecule has 1 unspecified atom stereocenters. The van der Waals surface area contributed by atoms with Crippen LogP contribution in [0.5, 0.6) is 0 Å². The number of carbonyl (C=O) groups is 1. The molecule has 38 atom stereocenters. The van der Waals surface area contributed by atoms with Gasteiger partial charge < -0.3 is 153 Å². The molecule has 8 aliphatic heterocycles. The first-order valence-electron chi connectivity index (χ1n) is 34.8. The molecule has 0 aromatic carbocycles. The van der Waals surface area contributed by atoms with E-state index in [9.17, 15) is 86.5 Å². The molecule has 98 heavy (non-hydrogen) atoms. The highest BCUT2D eigenvalue weighted by Gasteiger charge is 2.78. The largest absolute Gasteiger partial charge is 0.456 e. The number of aliphatic hydroxyl groups is 16. The number of methoxy groups -OCH3 is 1. The van der Waals surface area contributed by atoms with Crippen LogP contribution in [0.3, 0.4) is 0 Å². The molecule has 32 nitrogen and oxygen atoms in total. The van der Waals surface area contributed by atoms with Gasteiger partial charge in [0, 0.05) is 13.0 Å². The van der Waals surface area contributed by atoms with Crippen molar-refractivity contribution < 1.29 is 158 Å². The van der Waals surface area contributed by atoms with E-state index in [1.165, 1.54) is 19.6 Å². The Morgan fingerprint density at radius 2 is 1.00 bits per heavy atom. The minimum Gasteiger partial charge on any atom is -0.456 e. The van der Waals surface area contributed by atoms with Gasteiger partial charge in [-0.1, -0.05) is 39.3 Å². The topological polar surface area (TPSA) is 479 Å². The Bertz CT molecular complexity index is 2780. The lowest BCUT2D eigenvalue weighted by atomic mass is 9.41. The van der Waals surface area contributed by atoms with Crippen LogP contribution in [0.2, 0.25) is 0 Å². The lowest BCUT2D eigenvalue weighted by Gasteiger charge is -2.63. The van der Waals surface area contributed by atoms with Gasteiger partial charge in [-0.2, -0.15) is 0 Å². The highest BCUT2D eigenvalue weighted by atomic mass is 16.8. The number of carbonyl (C=O) groups excluding carboxylic acids is 1. The minimum absolute atomic E-state index is 0.00483. The smallest absolute Gasteiger partial charge is 0.314 e. The minimum atomic E-state index is -2.16. The van der Waals surface area contributed by atoms with Gasteiger partial charge in [-0.15, -0.1) is 0 Å². The molecule has 562 valence electrons. The van der Waals surface area contributed by atoms with E-state index in [0.717, 1.165) is 38.5 Å². The van der Waals surface area contributed by atoms with E-state index in [1.807, 2.05) is 0 Å². The molecule has 0 aromatic rings. The first kappa shape index (κ1) is 75.7. The third-order valence-corrected chi connectivity index (χ3v) is 25.2. The Morgan fingerprint density at radius 1 is 0.480 bits per heavy atom. The van der Waals surface area contributed by atoms with Gasteiger partial charge in [-0.3, -0.25) is 4.79 Å². The summed E-state index contributed by atoms with van der Waals surface area (Å²) in [4.78, 5) is 14.7. The molecule has 12 aliphatic rings. The van der Waals surface area contributed by atoms with Crippen LogP contribution < -0.4 is 0 Å². The molecule has 8 heterocycles. The molecule has 4 aliphatic carbocycles. The Kier molecular flexibility index (Phi) is 21.9. The van der Waals surface area contributed by atoms with E-state index in [0.29, 0.717) is 19.3 Å². The molecule has 11 fully saturated rings. The van der Waals surface area contributed by atoms with E-state index in [-0.39, 0.29) is 40.8 Å². The van der Waals surface area contributed by atoms with E-state index in [4.69, 9.17) is 71.1 Å². The summed E-state index contributed by atoms with van der Waals surface area (Å²) in [5, 5.41) is 178. The maximum Gasteiger partial charge on any atom is 0.314 e. The van der Waals surface area contributed by atoms with Crippen LogP contribution in [0.15, 0.2) is 11.6 Å². The molecule has 16 N–H and O–H groups in total. The van der Waals surface area contributed by atoms with Gasteiger partial charge in [0.15, 0.2) is 37.7 Å². The second kappa shape index (κ2) is 28.4. The number of esters is 1. The summed E-state index contributed by atoms with van der Waals surface area (Å²) in [6.07, 6.45) is -42.5. The fourth-order valence-electron chi connectivity index (χ4n) is 19.6. The lowest BCUT2D eigenvalue weighted by Crippen LogP contribution is -2.68. The summed E-state index contributed by atoms with van der Waals surface area (Å²) in [5.74, 6) is -0.0806. The fraction of sp³-hybridized carbons (Fsp3) is 0.955. The summed E-state index contributed by atoms with van der Waals surface area (Å²) in [6, 6.07) is 0. The van der Waals surface area contributed by atoms with Crippen molar-refractivity contribution in [1.82, 2.24) is 0 Å². The number of hydrogen-bond donors (Lipinski definition) is 16. The number of aliphatic hydroxyl groups excluding tert-OH is 16. The Morgan fingerprint density at radius 3 is 1.57 bits per heavy atom. The van der Waals surface area contributed by atoms with Gasteiger partial charge in [0.1, 0.15) is 140 Å². The zero-order valence-electron chi connectivity index (χ0n) is 56.8. The van der Waals surface area contributed by atoms with Gasteiger partial charge in [0.25, 0.3) is 0 Å². The summed E-state index contributed by atoms with van der Waals surface area (Å²) in [6.45, 7) is 12.4. The van der Waals surface area contributed by atoms with Crippen LogP contribution in [-0.4, -0.2) is 329 Å². The van der Waals surface area contributed by atoms with Gasteiger partial charge in [-0.25, -0.2) is 0 Å². The molecular formula is C66H106O32. The van der Waals surface area contributed by atoms with Crippen molar-refractivity contribution >= 4 is 5.97 Å². The number of ether oxygens (including phenoxy) is 15. The van der Waals surface area contributed by atoms with Crippen LogP contribution in [0.1, 0.15) is 113 Å². The van der Waals surface area contributed by atoms with Crippen molar-refractivity contribution in [2.75, 3.05) is 40.1 Å². The van der Waals surface area contributed by atoms with Crippen molar-refractivity contribution in [3.63, 3.8) is 0 Å². The van der Waals surface area contributed by atoms with Crippen molar-refractivity contribution in [2.45, 2.75) is 315 Å². The second-order valence-electron chi connectivity index (χ2n) is 31.4. The summed E-state index contributed by atoms with van der Waals surface area (Å²) >= 11 is 0. The van der Waals surface area contributed by atoms with Crippen LogP contribution >= 0.6 is 0 Å². The molecule has 3 saturated carbocycles. The molecule has 12 rings (SSSR count). The van der Waals surface area contributed by atoms with Crippen LogP contribution in [0.25, 0.3) is 0 Å². The van der Waals surface area contributed by atoms with Crippen LogP contribution in [-0.2, 0) is 75.8 Å². The van der Waals surface area contributed by atoms with Crippen molar-refractivity contribution in [2.24, 2.45) is 39.4 Å². The average molecular weight is 1410 g/mol. The third-order valence-electron chi connectivity index (χ3n) is 25.2. The summed E-state index contributed by atoms with van der Waals surface area (Å²) < 4.78 is 91.1. The number of allylic oxidation sites excluding steroid dienone is 2. The molecule has 0 amide bonds. The first-order valence-corrected chi connectivity index (χ1v) is 34.8.